The molecule has 4 fully saturated rings. The Labute approximate surface area is 164 Å². The Morgan fingerprint density at radius 2 is 1.67 bits per heavy atom. The van der Waals surface area contributed by atoms with Crippen molar-refractivity contribution in [3.63, 3.8) is 0 Å². The lowest BCUT2D eigenvalue weighted by Crippen LogP contribution is -2.52. The third kappa shape index (κ3) is 3.75. The van der Waals surface area contributed by atoms with Gasteiger partial charge in [-0.25, -0.2) is 0 Å². The van der Waals surface area contributed by atoms with Crippen LogP contribution < -0.4 is 0 Å². The lowest BCUT2D eigenvalue weighted by atomic mass is 9.48. The third-order valence-corrected chi connectivity index (χ3v) is 7.85. The van der Waals surface area contributed by atoms with Crippen LogP contribution in [0.15, 0.2) is 12.1 Å². The highest BCUT2D eigenvalue weighted by Gasteiger charge is 2.55. The molecule has 0 radical (unpaired) electrons. The third-order valence-electron chi connectivity index (χ3n) is 6.81. The average molecular weight is 389 g/mol. The first-order valence-corrected chi connectivity index (χ1v) is 11.0. The van der Waals surface area contributed by atoms with Crippen LogP contribution in [0.1, 0.15) is 72.8 Å². The predicted octanol–water partition coefficient (Wildman–Crippen LogP) is 4.74. The zero-order valence-corrected chi connectivity index (χ0v) is 17.0. The number of Topliss-reactive ketones (excluding diaryl/α,β-unsaturated/α-hetero) is 2. The van der Waals surface area contributed by atoms with Crippen molar-refractivity contribution >= 4 is 28.9 Å². The average Bonchev–Trinajstić information content (AvgIpc) is 3.04. The molecule has 1 aromatic heterocycles. The molecule has 1 atom stereocenters. The van der Waals surface area contributed by atoms with E-state index in [0.717, 1.165) is 24.1 Å². The molecule has 4 nitrogen and oxygen atoms in total. The van der Waals surface area contributed by atoms with Crippen molar-refractivity contribution in [1.29, 1.82) is 0 Å². The molecule has 4 bridgehead atoms. The molecule has 1 heterocycles. The van der Waals surface area contributed by atoms with E-state index in [1.165, 1.54) is 30.6 Å². The predicted molar refractivity (Wildman–Crippen MR) is 104 cm³/mol. The number of hydrogen-bond acceptors (Lipinski definition) is 5. The molecule has 4 aliphatic carbocycles. The van der Waals surface area contributed by atoms with Crippen LogP contribution in [-0.4, -0.2) is 23.6 Å². The van der Waals surface area contributed by atoms with E-state index in [4.69, 9.17) is 4.74 Å². The zero-order chi connectivity index (χ0) is 19.2. The summed E-state index contributed by atoms with van der Waals surface area (Å²) in [5.74, 6) is 1.71. The summed E-state index contributed by atoms with van der Waals surface area (Å²) >= 11 is 1.44. The van der Waals surface area contributed by atoms with Gasteiger partial charge in [0.05, 0.1) is 11.3 Å². The van der Waals surface area contributed by atoms with E-state index in [-0.39, 0.29) is 29.8 Å². The van der Waals surface area contributed by atoms with Gasteiger partial charge < -0.3 is 4.74 Å². The zero-order valence-electron chi connectivity index (χ0n) is 16.2. The quantitative estimate of drug-likeness (QED) is 0.500. The van der Waals surface area contributed by atoms with Gasteiger partial charge in [-0.3, -0.25) is 14.4 Å². The SMILES string of the molecule is Cc1ccc(C(=O)CCC(=O)OC(C)C(=O)C23CC4CC(CC(C4)C2)C3)s1. The van der Waals surface area contributed by atoms with Crippen LogP contribution in [0.5, 0.6) is 0 Å². The van der Waals surface area contributed by atoms with Crippen LogP contribution in [0, 0.1) is 30.1 Å². The maximum absolute atomic E-state index is 13.2. The molecule has 0 amide bonds. The first-order valence-electron chi connectivity index (χ1n) is 10.2. The van der Waals surface area contributed by atoms with Crippen molar-refractivity contribution in [3.05, 3.63) is 21.9 Å². The molecule has 146 valence electrons. The number of hydrogen-bond donors (Lipinski definition) is 0. The molecule has 0 N–H and O–H groups in total. The van der Waals surface area contributed by atoms with Crippen LogP contribution in [0.3, 0.4) is 0 Å². The minimum absolute atomic E-state index is 0.0360. The van der Waals surface area contributed by atoms with Gasteiger partial charge in [0, 0.05) is 16.7 Å². The van der Waals surface area contributed by atoms with Gasteiger partial charge in [0.25, 0.3) is 0 Å². The number of carbonyl (C=O) groups is 3. The van der Waals surface area contributed by atoms with Gasteiger partial charge in [0.15, 0.2) is 17.7 Å². The van der Waals surface area contributed by atoms with Crippen molar-refractivity contribution in [2.75, 3.05) is 0 Å². The summed E-state index contributed by atoms with van der Waals surface area (Å²) in [6.07, 6.45) is 6.27. The first kappa shape index (κ1) is 18.9. The molecular weight excluding hydrogens is 360 g/mol. The Morgan fingerprint density at radius 3 is 2.19 bits per heavy atom. The highest BCUT2D eigenvalue weighted by Crippen LogP contribution is 2.60. The smallest absolute Gasteiger partial charge is 0.306 e. The van der Waals surface area contributed by atoms with Gasteiger partial charge in [0.1, 0.15) is 0 Å². The molecule has 0 aliphatic heterocycles. The molecule has 4 aliphatic rings. The second-order valence-electron chi connectivity index (χ2n) is 9.03. The van der Waals surface area contributed by atoms with Gasteiger partial charge in [0.2, 0.25) is 0 Å². The van der Waals surface area contributed by atoms with Gasteiger partial charge in [-0.05, 0) is 82.3 Å². The Morgan fingerprint density at radius 1 is 1.07 bits per heavy atom. The van der Waals surface area contributed by atoms with E-state index in [1.54, 1.807) is 13.0 Å². The summed E-state index contributed by atoms with van der Waals surface area (Å²) in [7, 11) is 0. The van der Waals surface area contributed by atoms with Crippen LogP contribution in [-0.2, 0) is 14.3 Å². The largest absolute Gasteiger partial charge is 0.455 e. The molecule has 0 aromatic carbocycles. The summed E-state index contributed by atoms with van der Waals surface area (Å²) in [4.78, 5) is 39.3. The Bertz CT molecular complexity index is 727. The summed E-state index contributed by atoms with van der Waals surface area (Å²) in [6, 6.07) is 3.70. The molecule has 5 heteroatoms. The van der Waals surface area contributed by atoms with E-state index < -0.39 is 12.1 Å². The Balaban J connectivity index is 1.31. The summed E-state index contributed by atoms with van der Waals surface area (Å²) in [5.41, 5.74) is -0.251. The van der Waals surface area contributed by atoms with Crippen molar-refractivity contribution in [2.24, 2.45) is 23.2 Å². The lowest BCUT2D eigenvalue weighted by Gasteiger charge is -2.56. The standard InChI is InChI=1S/C22H28O4S/c1-13-3-5-19(27-13)18(23)4-6-20(24)26-14(2)21(25)22-10-15-7-16(11-22)9-17(8-15)12-22/h3,5,14-17H,4,6-12H2,1-2H3. The summed E-state index contributed by atoms with van der Waals surface area (Å²) in [5, 5.41) is 0. The van der Waals surface area contributed by atoms with Crippen molar-refractivity contribution in [2.45, 2.75) is 71.3 Å². The minimum Gasteiger partial charge on any atom is -0.455 e. The number of esters is 1. The highest BCUT2D eigenvalue weighted by molar-refractivity contribution is 7.14. The Hall–Kier alpha value is -1.49. The van der Waals surface area contributed by atoms with Crippen LogP contribution in [0.2, 0.25) is 0 Å². The second kappa shape index (κ2) is 7.16. The molecular formula is C22H28O4S. The van der Waals surface area contributed by atoms with Crippen molar-refractivity contribution < 1.29 is 19.1 Å². The number of aryl methyl sites for hydroxylation is 1. The van der Waals surface area contributed by atoms with Gasteiger partial charge >= 0.3 is 5.97 Å². The molecule has 27 heavy (non-hydrogen) atoms. The van der Waals surface area contributed by atoms with E-state index >= 15 is 0 Å². The van der Waals surface area contributed by atoms with Crippen molar-refractivity contribution in [1.82, 2.24) is 0 Å². The molecule has 5 rings (SSSR count). The van der Waals surface area contributed by atoms with Crippen LogP contribution in [0.25, 0.3) is 0 Å². The van der Waals surface area contributed by atoms with Crippen LogP contribution >= 0.6 is 11.3 Å². The van der Waals surface area contributed by atoms with E-state index in [0.29, 0.717) is 22.6 Å². The second-order valence-corrected chi connectivity index (χ2v) is 10.3. The lowest BCUT2D eigenvalue weighted by molar-refractivity contribution is -0.164. The van der Waals surface area contributed by atoms with Crippen LogP contribution in [0.4, 0.5) is 0 Å². The monoisotopic (exact) mass is 388 g/mol. The van der Waals surface area contributed by atoms with E-state index in [1.807, 2.05) is 13.0 Å². The number of thiophene rings is 1. The number of rotatable bonds is 7. The number of carbonyl (C=O) groups excluding carboxylic acids is 3. The first-order chi connectivity index (χ1) is 12.8. The van der Waals surface area contributed by atoms with E-state index in [2.05, 4.69) is 0 Å². The topological polar surface area (TPSA) is 60.4 Å². The number of ketones is 2. The van der Waals surface area contributed by atoms with Gasteiger partial charge in [-0.15, -0.1) is 11.3 Å². The van der Waals surface area contributed by atoms with E-state index in [9.17, 15) is 14.4 Å². The maximum atomic E-state index is 13.2. The van der Waals surface area contributed by atoms with Crippen molar-refractivity contribution in [3.8, 4) is 0 Å². The molecule has 0 spiro atoms. The molecule has 1 aromatic rings. The fourth-order valence-corrected chi connectivity index (χ4v) is 6.91. The highest BCUT2D eigenvalue weighted by atomic mass is 32.1. The molecule has 1 unspecified atom stereocenters. The minimum atomic E-state index is -0.701. The summed E-state index contributed by atoms with van der Waals surface area (Å²) in [6.45, 7) is 3.66. The maximum Gasteiger partial charge on any atom is 0.306 e. The fraction of sp³-hybridized carbons (Fsp3) is 0.682. The summed E-state index contributed by atoms with van der Waals surface area (Å²) < 4.78 is 5.46. The molecule has 0 saturated heterocycles. The molecule has 4 saturated carbocycles. The van der Waals surface area contributed by atoms with Gasteiger partial charge in [-0.1, -0.05) is 0 Å². The fourth-order valence-electron chi connectivity index (χ4n) is 6.08. The van der Waals surface area contributed by atoms with Gasteiger partial charge in [-0.2, -0.15) is 0 Å². The normalized spacial score (nSPS) is 32.3. The Kier molecular flexibility index (Phi) is 5.00. The number of ether oxygens (including phenoxy) is 1.